The zero-order chi connectivity index (χ0) is 14.0. The maximum Gasteiger partial charge on any atom is 0.328 e. The van der Waals surface area contributed by atoms with E-state index in [0.717, 1.165) is 25.7 Å². The van der Waals surface area contributed by atoms with Crippen molar-refractivity contribution in [1.82, 2.24) is 5.32 Å². The minimum absolute atomic E-state index is 0.0265. The Balaban J connectivity index is 3.92. The fourth-order valence-electron chi connectivity index (χ4n) is 1.65. The third kappa shape index (κ3) is 7.27. The van der Waals surface area contributed by atoms with Gasteiger partial charge in [-0.15, -0.1) is 0 Å². The average molecular weight is 258 g/mol. The quantitative estimate of drug-likeness (QED) is 0.481. The van der Waals surface area contributed by atoms with Crippen LogP contribution >= 0.6 is 0 Å². The third-order valence-corrected chi connectivity index (χ3v) is 2.80. The number of unbranched alkanes of at least 4 members (excludes halogenated alkanes) is 3. The van der Waals surface area contributed by atoms with Gasteiger partial charge in [0.25, 0.3) is 0 Å². The Morgan fingerprint density at radius 2 is 1.78 bits per heavy atom. The van der Waals surface area contributed by atoms with E-state index in [1.54, 1.807) is 0 Å². The van der Waals surface area contributed by atoms with Gasteiger partial charge in [-0.3, -0.25) is 4.79 Å². The Hall–Kier alpha value is -1.10. The zero-order valence-corrected chi connectivity index (χ0v) is 11.7. The standard InChI is InChI=1S/C13H26N2O3/c1-10(2)12(13(17)18-3)15-11(16)8-6-4-5-7-9-14/h10,12H,4-9,14H2,1-3H3,(H,15,16). The molecule has 106 valence electrons. The Kier molecular flexibility index (Phi) is 9.28. The molecule has 0 aromatic heterocycles. The first-order valence-electron chi connectivity index (χ1n) is 6.60. The van der Waals surface area contributed by atoms with Crippen molar-refractivity contribution in [3.8, 4) is 0 Å². The molecule has 0 aliphatic carbocycles. The molecule has 1 unspecified atom stereocenters. The lowest BCUT2D eigenvalue weighted by molar-refractivity contribution is -0.146. The summed E-state index contributed by atoms with van der Waals surface area (Å²) in [4.78, 5) is 23.1. The van der Waals surface area contributed by atoms with Gasteiger partial charge >= 0.3 is 5.97 Å². The maximum atomic E-state index is 11.7. The molecule has 0 aliphatic rings. The molecule has 0 spiro atoms. The highest BCUT2D eigenvalue weighted by Gasteiger charge is 2.24. The van der Waals surface area contributed by atoms with Crippen molar-refractivity contribution in [2.75, 3.05) is 13.7 Å². The van der Waals surface area contributed by atoms with Gasteiger partial charge in [0.1, 0.15) is 6.04 Å². The Labute approximate surface area is 109 Å². The Morgan fingerprint density at radius 3 is 2.28 bits per heavy atom. The zero-order valence-electron chi connectivity index (χ0n) is 11.7. The smallest absolute Gasteiger partial charge is 0.328 e. The van der Waals surface area contributed by atoms with Crippen molar-refractivity contribution < 1.29 is 14.3 Å². The van der Waals surface area contributed by atoms with Crippen molar-refractivity contribution >= 4 is 11.9 Å². The van der Waals surface area contributed by atoms with Crippen LogP contribution in [0.15, 0.2) is 0 Å². The molecule has 0 aromatic rings. The molecule has 1 atom stereocenters. The van der Waals surface area contributed by atoms with Crippen LogP contribution in [-0.2, 0) is 14.3 Å². The lowest BCUT2D eigenvalue weighted by atomic mass is 10.0. The summed E-state index contributed by atoms with van der Waals surface area (Å²) in [5, 5.41) is 2.72. The van der Waals surface area contributed by atoms with Crippen molar-refractivity contribution in [2.24, 2.45) is 11.7 Å². The molecular weight excluding hydrogens is 232 g/mol. The van der Waals surface area contributed by atoms with Crippen molar-refractivity contribution in [3.63, 3.8) is 0 Å². The Morgan fingerprint density at radius 1 is 1.17 bits per heavy atom. The molecule has 0 rings (SSSR count). The lowest BCUT2D eigenvalue weighted by Crippen LogP contribution is -2.44. The van der Waals surface area contributed by atoms with Gasteiger partial charge in [0, 0.05) is 6.42 Å². The summed E-state index contributed by atoms with van der Waals surface area (Å²) in [5.41, 5.74) is 5.39. The molecular formula is C13H26N2O3. The number of methoxy groups -OCH3 is 1. The number of ether oxygens (including phenoxy) is 1. The van der Waals surface area contributed by atoms with Crippen molar-refractivity contribution in [3.05, 3.63) is 0 Å². The average Bonchev–Trinajstić information content (AvgIpc) is 2.34. The Bertz CT molecular complexity index is 255. The number of hydrogen-bond acceptors (Lipinski definition) is 4. The first kappa shape index (κ1) is 16.9. The van der Waals surface area contributed by atoms with Gasteiger partial charge in [0.05, 0.1) is 7.11 Å². The molecule has 0 fully saturated rings. The minimum Gasteiger partial charge on any atom is -0.467 e. The first-order valence-corrected chi connectivity index (χ1v) is 6.60. The maximum absolute atomic E-state index is 11.7. The topological polar surface area (TPSA) is 81.4 Å². The van der Waals surface area contributed by atoms with Crippen LogP contribution in [0.4, 0.5) is 0 Å². The van der Waals surface area contributed by atoms with E-state index >= 15 is 0 Å². The lowest BCUT2D eigenvalue weighted by Gasteiger charge is -2.19. The highest BCUT2D eigenvalue weighted by atomic mass is 16.5. The van der Waals surface area contributed by atoms with E-state index in [2.05, 4.69) is 10.1 Å². The van der Waals surface area contributed by atoms with Crippen LogP contribution in [0, 0.1) is 5.92 Å². The van der Waals surface area contributed by atoms with Gasteiger partial charge in [0.15, 0.2) is 0 Å². The summed E-state index contributed by atoms with van der Waals surface area (Å²) >= 11 is 0. The fraction of sp³-hybridized carbons (Fsp3) is 0.846. The molecule has 0 radical (unpaired) electrons. The van der Waals surface area contributed by atoms with Crippen LogP contribution in [0.1, 0.15) is 46.0 Å². The second-order valence-electron chi connectivity index (χ2n) is 4.77. The number of carbonyl (C=O) groups is 2. The summed E-state index contributed by atoms with van der Waals surface area (Å²) in [6, 6.07) is -0.549. The van der Waals surface area contributed by atoms with Crippen LogP contribution in [0.5, 0.6) is 0 Å². The van der Waals surface area contributed by atoms with Crippen LogP contribution in [0.25, 0.3) is 0 Å². The van der Waals surface area contributed by atoms with E-state index in [-0.39, 0.29) is 17.8 Å². The summed E-state index contributed by atoms with van der Waals surface area (Å²) in [6.45, 7) is 4.45. The molecule has 5 nitrogen and oxygen atoms in total. The van der Waals surface area contributed by atoms with Gasteiger partial charge in [-0.2, -0.15) is 0 Å². The summed E-state index contributed by atoms with van der Waals surface area (Å²) in [6.07, 6.45) is 4.32. The normalized spacial score (nSPS) is 12.3. The number of nitrogens with one attached hydrogen (secondary N) is 1. The summed E-state index contributed by atoms with van der Waals surface area (Å²) < 4.78 is 4.66. The molecule has 5 heteroatoms. The predicted molar refractivity (Wildman–Crippen MR) is 70.9 cm³/mol. The first-order chi connectivity index (χ1) is 8.52. The second kappa shape index (κ2) is 9.88. The van der Waals surface area contributed by atoms with Gasteiger partial charge in [-0.05, 0) is 25.3 Å². The van der Waals surface area contributed by atoms with Crippen molar-refractivity contribution in [1.29, 1.82) is 0 Å². The van der Waals surface area contributed by atoms with Crippen LogP contribution < -0.4 is 11.1 Å². The van der Waals surface area contributed by atoms with Crippen LogP contribution in [0.3, 0.4) is 0 Å². The molecule has 1 amide bonds. The monoisotopic (exact) mass is 258 g/mol. The number of amides is 1. The van der Waals surface area contributed by atoms with Crippen LogP contribution in [-0.4, -0.2) is 31.6 Å². The fourth-order valence-corrected chi connectivity index (χ4v) is 1.65. The van der Waals surface area contributed by atoms with E-state index in [1.807, 2.05) is 13.8 Å². The van der Waals surface area contributed by atoms with Gasteiger partial charge in [-0.1, -0.05) is 26.7 Å². The molecule has 0 saturated heterocycles. The van der Waals surface area contributed by atoms with E-state index in [0.29, 0.717) is 13.0 Å². The molecule has 0 saturated carbocycles. The van der Waals surface area contributed by atoms with Gasteiger partial charge in [-0.25, -0.2) is 4.79 Å². The predicted octanol–water partition coefficient (Wildman–Crippen LogP) is 1.21. The minimum atomic E-state index is -0.549. The van der Waals surface area contributed by atoms with E-state index < -0.39 is 6.04 Å². The highest BCUT2D eigenvalue weighted by molar-refractivity contribution is 5.84. The highest BCUT2D eigenvalue weighted by Crippen LogP contribution is 2.06. The second-order valence-corrected chi connectivity index (χ2v) is 4.77. The van der Waals surface area contributed by atoms with Gasteiger partial charge in [0.2, 0.25) is 5.91 Å². The summed E-state index contributed by atoms with van der Waals surface area (Å²) in [5.74, 6) is -0.452. The molecule has 0 aromatic carbocycles. The van der Waals surface area contributed by atoms with E-state index in [1.165, 1.54) is 7.11 Å². The number of nitrogens with two attached hydrogens (primary N) is 1. The van der Waals surface area contributed by atoms with Crippen LogP contribution in [0.2, 0.25) is 0 Å². The number of esters is 1. The van der Waals surface area contributed by atoms with Crippen molar-refractivity contribution in [2.45, 2.75) is 52.0 Å². The SMILES string of the molecule is COC(=O)C(NC(=O)CCCCCCN)C(C)C. The largest absolute Gasteiger partial charge is 0.467 e. The van der Waals surface area contributed by atoms with E-state index in [9.17, 15) is 9.59 Å². The number of carbonyl (C=O) groups excluding carboxylic acids is 2. The number of hydrogen-bond donors (Lipinski definition) is 2. The van der Waals surface area contributed by atoms with Gasteiger partial charge < -0.3 is 15.8 Å². The molecule has 18 heavy (non-hydrogen) atoms. The molecule has 0 heterocycles. The molecule has 3 N–H and O–H groups in total. The summed E-state index contributed by atoms with van der Waals surface area (Å²) in [7, 11) is 1.33. The third-order valence-electron chi connectivity index (χ3n) is 2.80. The molecule has 0 aliphatic heterocycles. The van der Waals surface area contributed by atoms with E-state index in [4.69, 9.17) is 5.73 Å². The molecule has 0 bridgehead atoms. The number of rotatable bonds is 9.